The minimum Gasteiger partial charge on any atom is -0.481 e. The first-order chi connectivity index (χ1) is 9.96. The summed E-state index contributed by atoms with van der Waals surface area (Å²) in [6.45, 7) is 0.0388. The monoisotopic (exact) mass is 318 g/mol. The smallest absolute Gasteiger partial charge is 0.306 e. The Hall–Kier alpha value is -1.47. The summed E-state index contributed by atoms with van der Waals surface area (Å²) < 4.78 is 0.286. The van der Waals surface area contributed by atoms with Crippen molar-refractivity contribution in [3.05, 3.63) is 0 Å². The van der Waals surface area contributed by atoms with Crippen LogP contribution in [-0.2, 0) is 14.4 Å². The zero-order chi connectivity index (χ0) is 17.4. The molecule has 3 N–H and O–H groups in total. The number of carboxylic acids is 2. The lowest BCUT2D eigenvalue weighted by molar-refractivity contribution is -0.875. The van der Waals surface area contributed by atoms with Gasteiger partial charge in [0.2, 0.25) is 0 Å². The highest BCUT2D eigenvalue weighted by molar-refractivity contribution is 5.90. The Labute approximate surface area is 131 Å². The molecular weight excluding hydrogens is 290 g/mol. The number of ketones is 1. The average Bonchev–Trinajstić information content (AvgIpc) is 2.29. The molecule has 0 fully saturated rings. The molecule has 0 saturated heterocycles. The first kappa shape index (κ1) is 20.5. The van der Waals surface area contributed by atoms with Crippen molar-refractivity contribution in [2.24, 2.45) is 0 Å². The van der Waals surface area contributed by atoms with E-state index in [9.17, 15) is 19.5 Å². The molecule has 7 heteroatoms. The van der Waals surface area contributed by atoms with Gasteiger partial charge < -0.3 is 19.8 Å². The standard InChI is InChI=1S/C15H27NO6/c1-16(2,3)11-15(22,10-14(20)21)12(17)8-6-4-5-7-9-13(18)19/h22H,4-11H2,1-3H3,(H-,18,19,20,21)/p+1. The van der Waals surface area contributed by atoms with E-state index >= 15 is 0 Å². The third-order valence-electron chi connectivity index (χ3n) is 3.24. The summed E-state index contributed by atoms with van der Waals surface area (Å²) in [5, 5.41) is 27.9. The van der Waals surface area contributed by atoms with Gasteiger partial charge in [-0.15, -0.1) is 0 Å². The number of hydrogen-bond donors (Lipinski definition) is 3. The van der Waals surface area contributed by atoms with Crippen LogP contribution in [0, 0.1) is 0 Å². The van der Waals surface area contributed by atoms with Gasteiger partial charge >= 0.3 is 11.9 Å². The molecule has 0 aromatic rings. The lowest BCUT2D eigenvalue weighted by Crippen LogP contribution is -2.54. The number of carbonyl (C=O) groups is 3. The van der Waals surface area contributed by atoms with Crippen LogP contribution < -0.4 is 0 Å². The van der Waals surface area contributed by atoms with E-state index in [0.29, 0.717) is 25.7 Å². The van der Waals surface area contributed by atoms with E-state index < -0.39 is 29.7 Å². The van der Waals surface area contributed by atoms with Crippen molar-refractivity contribution in [2.45, 2.75) is 50.5 Å². The molecular formula is C15H28NO6+. The molecule has 0 aromatic carbocycles. The Bertz CT molecular complexity index is 401. The zero-order valence-electron chi connectivity index (χ0n) is 13.7. The van der Waals surface area contributed by atoms with Gasteiger partial charge in [-0.2, -0.15) is 0 Å². The lowest BCUT2D eigenvalue weighted by Gasteiger charge is -2.33. The normalized spacial score (nSPS) is 14.4. The van der Waals surface area contributed by atoms with Crippen LogP contribution in [0.5, 0.6) is 0 Å². The quantitative estimate of drug-likeness (QED) is 0.364. The molecule has 0 heterocycles. The second-order valence-electron chi connectivity index (χ2n) is 6.78. The molecule has 22 heavy (non-hydrogen) atoms. The van der Waals surface area contributed by atoms with Gasteiger partial charge in [0.1, 0.15) is 6.54 Å². The van der Waals surface area contributed by atoms with Crippen LogP contribution in [-0.4, -0.2) is 70.8 Å². The number of nitrogens with zero attached hydrogens (tertiary/aromatic N) is 1. The summed E-state index contributed by atoms with van der Waals surface area (Å²) in [7, 11) is 5.35. The Morgan fingerprint density at radius 3 is 1.77 bits per heavy atom. The van der Waals surface area contributed by atoms with E-state index in [0.717, 1.165) is 0 Å². The summed E-state index contributed by atoms with van der Waals surface area (Å²) in [5.74, 6) is -2.50. The Balaban J connectivity index is 4.40. The number of aliphatic hydroxyl groups is 1. The minimum atomic E-state index is -1.86. The molecule has 0 bridgehead atoms. The Morgan fingerprint density at radius 2 is 1.36 bits per heavy atom. The molecule has 1 atom stereocenters. The number of carboxylic acid groups (broad SMARTS) is 2. The molecule has 0 aliphatic carbocycles. The Kier molecular flexibility index (Phi) is 8.26. The molecule has 0 spiro atoms. The predicted octanol–water partition coefficient (Wildman–Crippen LogP) is 0.893. The highest BCUT2D eigenvalue weighted by Gasteiger charge is 2.42. The van der Waals surface area contributed by atoms with Crippen molar-refractivity contribution in [1.29, 1.82) is 0 Å². The SMILES string of the molecule is C[N+](C)(C)CC(O)(CC(=O)O)C(=O)CCCCCCC(=O)O. The fourth-order valence-corrected chi connectivity index (χ4v) is 2.43. The summed E-state index contributed by atoms with van der Waals surface area (Å²) >= 11 is 0. The molecule has 0 rings (SSSR count). The van der Waals surface area contributed by atoms with E-state index in [-0.39, 0.29) is 23.9 Å². The molecule has 0 aromatic heterocycles. The van der Waals surface area contributed by atoms with Gasteiger partial charge in [-0.3, -0.25) is 14.4 Å². The molecule has 7 nitrogen and oxygen atoms in total. The molecule has 0 radical (unpaired) electrons. The summed E-state index contributed by atoms with van der Waals surface area (Å²) in [6, 6.07) is 0. The molecule has 0 aliphatic heterocycles. The summed E-state index contributed by atoms with van der Waals surface area (Å²) in [5.41, 5.74) is -1.86. The zero-order valence-corrected chi connectivity index (χ0v) is 13.7. The van der Waals surface area contributed by atoms with Gasteiger partial charge in [-0.1, -0.05) is 12.8 Å². The third-order valence-corrected chi connectivity index (χ3v) is 3.24. The first-order valence-corrected chi connectivity index (χ1v) is 7.46. The number of unbranched alkanes of at least 4 members (excludes halogenated alkanes) is 3. The van der Waals surface area contributed by atoms with Gasteiger partial charge in [0.25, 0.3) is 0 Å². The van der Waals surface area contributed by atoms with E-state index in [1.54, 1.807) is 21.1 Å². The molecule has 1 unspecified atom stereocenters. The fraction of sp³-hybridized carbons (Fsp3) is 0.800. The molecule has 0 amide bonds. The van der Waals surface area contributed by atoms with Crippen LogP contribution in [0.1, 0.15) is 44.9 Å². The van der Waals surface area contributed by atoms with Gasteiger partial charge in [0.15, 0.2) is 11.4 Å². The van der Waals surface area contributed by atoms with Crippen LogP contribution in [0.15, 0.2) is 0 Å². The molecule has 0 saturated carbocycles. The van der Waals surface area contributed by atoms with E-state index in [4.69, 9.17) is 10.2 Å². The van der Waals surface area contributed by atoms with Crippen molar-refractivity contribution in [3.8, 4) is 0 Å². The average molecular weight is 318 g/mol. The Morgan fingerprint density at radius 1 is 0.864 bits per heavy atom. The summed E-state index contributed by atoms with van der Waals surface area (Å²) in [4.78, 5) is 33.5. The maximum atomic E-state index is 12.2. The van der Waals surface area contributed by atoms with Crippen LogP contribution in [0.3, 0.4) is 0 Å². The van der Waals surface area contributed by atoms with Crippen LogP contribution >= 0.6 is 0 Å². The highest BCUT2D eigenvalue weighted by atomic mass is 16.4. The van der Waals surface area contributed by atoms with Crippen molar-refractivity contribution < 1.29 is 34.2 Å². The summed E-state index contributed by atoms with van der Waals surface area (Å²) in [6.07, 6.45) is 2.09. The number of aliphatic carboxylic acids is 2. The first-order valence-electron chi connectivity index (χ1n) is 7.46. The topological polar surface area (TPSA) is 112 Å². The predicted molar refractivity (Wildman–Crippen MR) is 80.4 cm³/mol. The molecule has 128 valence electrons. The second-order valence-corrected chi connectivity index (χ2v) is 6.78. The number of quaternary nitrogens is 1. The van der Waals surface area contributed by atoms with Gasteiger partial charge in [0, 0.05) is 12.8 Å². The van der Waals surface area contributed by atoms with Crippen LogP contribution in [0.25, 0.3) is 0 Å². The van der Waals surface area contributed by atoms with Crippen molar-refractivity contribution >= 4 is 17.7 Å². The van der Waals surface area contributed by atoms with Gasteiger partial charge in [-0.25, -0.2) is 0 Å². The second kappa shape index (κ2) is 8.85. The number of Topliss-reactive ketones (excluding diaryl/α,β-unsaturated/α-hetero) is 1. The van der Waals surface area contributed by atoms with Gasteiger partial charge in [-0.05, 0) is 12.8 Å². The third kappa shape index (κ3) is 9.46. The number of rotatable bonds is 12. The number of hydrogen-bond acceptors (Lipinski definition) is 4. The fourth-order valence-electron chi connectivity index (χ4n) is 2.43. The largest absolute Gasteiger partial charge is 0.481 e. The lowest BCUT2D eigenvalue weighted by atomic mass is 9.89. The molecule has 0 aliphatic rings. The van der Waals surface area contributed by atoms with E-state index in [1.165, 1.54) is 0 Å². The van der Waals surface area contributed by atoms with E-state index in [1.807, 2.05) is 0 Å². The van der Waals surface area contributed by atoms with E-state index in [2.05, 4.69) is 0 Å². The highest BCUT2D eigenvalue weighted by Crippen LogP contribution is 2.20. The van der Waals surface area contributed by atoms with Gasteiger partial charge in [0.05, 0.1) is 27.6 Å². The minimum absolute atomic E-state index is 0.0388. The maximum Gasteiger partial charge on any atom is 0.306 e. The van der Waals surface area contributed by atoms with Crippen LogP contribution in [0.2, 0.25) is 0 Å². The van der Waals surface area contributed by atoms with Crippen molar-refractivity contribution in [2.75, 3.05) is 27.7 Å². The van der Waals surface area contributed by atoms with Crippen molar-refractivity contribution in [3.63, 3.8) is 0 Å². The maximum absolute atomic E-state index is 12.2. The van der Waals surface area contributed by atoms with Crippen molar-refractivity contribution in [1.82, 2.24) is 0 Å². The number of likely N-dealkylation sites (N-methyl/N-ethyl adjacent to an activating group) is 1. The van der Waals surface area contributed by atoms with Crippen LogP contribution in [0.4, 0.5) is 0 Å². The number of carbonyl (C=O) groups excluding carboxylic acids is 1.